The van der Waals surface area contributed by atoms with E-state index < -0.39 is 10.1 Å². The first-order chi connectivity index (χ1) is 7.42. The largest absolute Gasteiger partial charge is 0.326 e. The molecule has 1 aromatic carbocycles. The summed E-state index contributed by atoms with van der Waals surface area (Å²) < 4.78 is 26.9. The summed E-state index contributed by atoms with van der Waals surface area (Å²) in [6.45, 7) is 1.37. The first kappa shape index (κ1) is 12.7. The Hall–Kier alpha value is -1.40. The van der Waals surface area contributed by atoms with Crippen LogP contribution in [0.2, 0.25) is 0 Å². The van der Waals surface area contributed by atoms with E-state index in [1.165, 1.54) is 6.92 Å². The van der Waals surface area contributed by atoms with Crippen LogP contribution >= 0.6 is 0 Å². The van der Waals surface area contributed by atoms with Crippen molar-refractivity contribution in [2.24, 2.45) is 0 Å². The lowest BCUT2D eigenvalue weighted by molar-refractivity contribution is -0.115. The Balaban J connectivity index is 0.000000187. The van der Waals surface area contributed by atoms with Gasteiger partial charge in [0.1, 0.15) is 0 Å². The van der Waals surface area contributed by atoms with Crippen LogP contribution in [-0.2, 0) is 21.3 Å². The van der Waals surface area contributed by atoms with Gasteiger partial charge in [-0.1, -0.05) is 18.2 Å². The number of carbonyl (C=O) groups is 1. The van der Waals surface area contributed by atoms with Crippen molar-refractivity contribution in [1.29, 1.82) is 0 Å². The quantitative estimate of drug-likeness (QED) is 0.723. The molecule has 0 saturated heterocycles. The summed E-state index contributed by atoms with van der Waals surface area (Å²) in [6, 6.07) is 7.75. The number of carbonyl (C=O) groups excluding carboxylic acids is 1. The van der Waals surface area contributed by atoms with Crippen LogP contribution in [0.15, 0.2) is 24.3 Å². The summed E-state index contributed by atoms with van der Waals surface area (Å²) in [7, 11) is -3.66. The minimum Gasteiger partial charge on any atom is -0.326 e. The first-order valence-corrected chi connectivity index (χ1v) is 6.36. The molecular formula is C10H13NO4S. The van der Waals surface area contributed by atoms with Gasteiger partial charge in [0.05, 0.1) is 12.2 Å². The molecular weight excluding hydrogens is 230 g/mol. The third kappa shape index (κ3) is 4.00. The van der Waals surface area contributed by atoms with Gasteiger partial charge in [0, 0.05) is 5.69 Å². The van der Waals surface area contributed by atoms with Gasteiger partial charge in [0.2, 0.25) is 5.91 Å². The molecule has 0 fully saturated rings. The molecule has 0 bridgehead atoms. The van der Waals surface area contributed by atoms with Crippen LogP contribution in [0.25, 0.3) is 0 Å². The Morgan fingerprint density at radius 2 is 1.94 bits per heavy atom. The van der Waals surface area contributed by atoms with E-state index in [9.17, 15) is 13.2 Å². The number of hydrogen-bond donors (Lipinski definition) is 2. The van der Waals surface area contributed by atoms with Gasteiger partial charge in [0.25, 0.3) is 10.1 Å². The predicted molar refractivity (Wildman–Crippen MR) is 60.9 cm³/mol. The van der Waals surface area contributed by atoms with E-state index in [1.807, 2.05) is 24.3 Å². The highest BCUT2D eigenvalue weighted by atomic mass is 32.2. The van der Waals surface area contributed by atoms with Crippen LogP contribution in [0.3, 0.4) is 0 Å². The number of fused-ring (bicyclic) bond motifs is 1. The standard InChI is InChI=1S/C8H7NO.C2H6O3S/c10-8-5-6-3-1-2-4-7(6)9-8;1-2-6(3,4)5/h1-4H,5H2,(H,9,10);2H2,1H3,(H,3,4,5). The second kappa shape index (κ2) is 5.09. The number of amides is 1. The molecule has 0 aliphatic carbocycles. The van der Waals surface area contributed by atoms with Crippen LogP contribution in [0.4, 0.5) is 5.69 Å². The molecule has 2 rings (SSSR count). The van der Waals surface area contributed by atoms with Gasteiger partial charge in [-0.15, -0.1) is 0 Å². The van der Waals surface area contributed by atoms with Crippen molar-refractivity contribution in [1.82, 2.24) is 0 Å². The Labute approximate surface area is 94.2 Å². The van der Waals surface area contributed by atoms with E-state index in [2.05, 4.69) is 5.32 Å². The number of rotatable bonds is 1. The van der Waals surface area contributed by atoms with Crippen LogP contribution < -0.4 is 5.32 Å². The molecule has 1 heterocycles. The molecule has 0 atom stereocenters. The maximum atomic E-state index is 10.8. The topological polar surface area (TPSA) is 83.5 Å². The Morgan fingerprint density at radius 1 is 1.38 bits per heavy atom. The van der Waals surface area contributed by atoms with Crippen molar-refractivity contribution in [3.05, 3.63) is 29.8 Å². The molecule has 1 aliphatic heterocycles. The lowest BCUT2D eigenvalue weighted by Crippen LogP contribution is -2.03. The predicted octanol–water partition coefficient (Wildman–Crippen LogP) is 1.08. The van der Waals surface area contributed by atoms with E-state index in [4.69, 9.17) is 4.55 Å². The van der Waals surface area contributed by atoms with Crippen LogP contribution in [0, 0.1) is 0 Å². The van der Waals surface area contributed by atoms with E-state index in [-0.39, 0.29) is 11.7 Å². The Morgan fingerprint density at radius 3 is 2.44 bits per heavy atom. The number of nitrogens with one attached hydrogen (secondary N) is 1. The monoisotopic (exact) mass is 243 g/mol. The summed E-state index contributed by atoms with van der Waals surface area (Å²) in [4.78, 5) is 10.8. The SMILES string of the molecule is CCS(=O)(=O)O.O=C1Cc2ccccc2N1. The van der Waals surface area contributed by atoms with Crippen molar-refractivity contribution >= 4 is 21.7 Å². The molecule has 0 aromatic heterocycles. The van der Waals surface area contributed by atoms with Crippen molar-refractivity contribution in [3.8, 4) is 0 Å². The molecule has 1 amide bonds. The van der Waals surface area contributed by atoms with Crippen molar-refractivity contribution in [2.75, 3.05) is 11.1 Å². The minimum absolute atomic E-state index is 0.0983. The fraction of sp³-hybridized carbons (Fsp3) is 0.300. The fourth-order valence-electron chi connectivity index (χ4n) is 1.16. The van der Waals surface area contributed by atoms with Crippen LogP contribution in [-0.4, -0.2) is 24.6 Å². The summed E-state index contributed by atoms with van der Waals surface area (Å²) in [5.74, 6) is -0.103. The van der Waals surface area contributed by atoms with Gasteiger partial charge in [-0.25, -0.2) is 0 Å². The number of anilines is 1. The summed E-state index contributed by atoms with van der Waals surface area (Å²) in [6.07, 6.45) is 0.538. The zero-order valence-electron chi connectivity index (χ0n) is 8.80. The number of hydrogen-bond acceptors (Lipinski definition) is 3. The molecule has 0 spiro atoms. The van der Waals surface area contributed by atoms with Gasteiger partial charge >= 0.3 is 0 Å². The fourth-order valence-corrected chi connectivity index (χ4v) is 1.16. The molecule has 0 unspecified atom stereocenters. The molecule has 2 N–H and O–H groups in total. The highest BCUT2D eigenvalue weighted by Crippen LogP contribution is 2.20. The lowest BCUT2D eigenvalue weighted by Gasteiger charge is -1.93. The van der Waals surface area contributed by atoms with Crippen molar-refractivity contribution in [3.63, 3.8) is 0 Å². The molecule has 1 aromatic rings. The molecule has 6 heteroatoms. The average molecular weight is 243 g/mol. The number of benzene rings is 1. The van der Waals surface area contributed by atoms with Crippen molar-refractivity contribution in [2.45, 2.75) is 13.3 Å². The molecule has 0 saturated carbocycles. The van der Waals surface area contributed by atoms with Crippen LogP contribution in [0.5, 0.6) is 0 Å². The summed E-state index contributed by atoms with van der Waals surface area (Å²) in [5.41, 5.74) is 2.07. The zero-order valence-corrected chi connectivity index (χ0v) is 9.62. The molecule has 16 heavy (non-hydrogen) atoms. The molecule has 0 radical (unpaired) electrons. The summed E-state index contributed by atoms with van der Waals surface area (Å²) in [5, 5.41) is 2.76. The van der Waals surface area contributed by atoms with Gasteiger partial charge in [-0.05, 0) is 18.6 Å². The lowest BCUT2D eigenvalue weighted by atomic mass is 10.2. The number of para-hydroxylation sites is 1. The zero-order chi connectivity index (χ0) is 12.2. The Kier molecular flexibility index (Phi) is 4.03. The highest BCUT2D eigenvalue weighted by Gasteiger charge is 2.15. The third-order valence-electron chi connectivity index (χ3n) is 2.01. The van der Waals surface area contributed by atoms with E-state index in [0.29, 0.717) is 6.42 Å². The van der Waals surface area contributed by atoms with E-state index in [1.54, 1.807) is 0 Å². The Bertz CT molecular complexity index is 454. The van der Waals surface area contributed by atoms with Crippen LogP contribution in [0.1, 0.15) is 12.5 Å². The van der Waals surface area contributed by atoms with Gasteiger partial charge in [0.15, 0.2) is 0 Å². The second-order valence-electron chi connectivity index (χ2n) is 3.25. The van der Waals surface area contributed by atoms with Crippen molar-refractivity contribution < 1.29 is 17.8 Å². The maximum Gasteiger partial charge on any atom is 0.264 e. The normalized spacial score (nSPS) is 13.5. The average Bonchev–Trinajstić information content (AvgIpc) is 2.57. The second-order valence-corrected chi connectivity index (χ2v) is 4.99. The van der Waals surface area contributed by atoms with Gasteiger partial charge in [-0.3, -0.25) is 9.35 Å². The van der Waals surface area contributed by atoms with Gasteiger partial charge in [-0.2, -0.15) is 8.42 Å². The highest BCUT2D eigenvalue weighted by molar-refractivity contribution is 7.85. The van der Waals surface area contributed by atoms with Gasteiger partial charge < -0.3 is 5.32 Å². The molecule has 5 nitrogen and oxygen atoms in total. The third-order valence-corrected chi connectivity index (χ3v) is 2.74. The minimum atomic E-state index is -3.66. The molecule has 1 aliphatic rings. The van der Waals surface area contributed by atoms with E-state index in [0.717, 1.165) is 11.3 Å². The molecule has 88 valence electrons. The smallest absolute Gasteiger partial charge is 0.264 e. The first-order valence-electron chi connectivity index (χ1n) is 4.75. The maximum absolute atomic E-state index is 10.8. The van der Waals surface area contributed by atoms with E-state index >= 15 is 0 Å². The summed E-state index contributed by atoms with van der Waals surface area (Å²) >= 11 is 0.